The Labute approximate surface area is 191 Å². The van der Waals surface area contributed by atoms with Crippen molar-refractivity contribution in [3.05, 3.63) is 64.7 Å². The minimum absolute atomic E-state index is 0.204. The molecule has 0 radical (unpaired) electrons. The van der Waals surface area contributed by atoms with Crippen LogP contribution < -0.4 is 9.62 Å². The molecule has 174 valence electrons. The summed E-state index contributed by atoms with van der Waals surface area (Å²) in [5, 5.41) is 2.61. The van der Waals surface area contributed by atoms with Gasteiger partial charge in [-0.2, -0.15) is 0 Å². The number of nitrogens with one attached hydrogen (secondary N) is 1. The van der Waals surface area contributed by atoms with E-state index < -0.39 is 22.0 Å². The lowest BCUT2D eigenvalue weighted by Crippen LogP contribution is -2.51. The second kappa shape index (κ2) is 10.6. The van der Waals surface area contributed by atoms with Gasteiger partial charge in [-0.15, -0.1) is 0 Å². The summed E-state index contributed by atoms with van der Waals surface area (Å²) in [7, 11) is -2.21. The molecule has 8 heteroatoms. The predicted octanol–water partition coefficient (Wildman–Crippen LogP) is 2.93. The number of amides is 2. The number of nitrogens with zero attached hydrogens (tertiary/aromatic N) is 2. The van der Waals surface area contributed by atoms with Gasteiger partial charge < -0.3 is 10.2 Å². The number of carbonyl (C=O) groups is 2. The molecule has 0 aromatic heterocycles. The molecular weight excluding hydrogens is 426 g/mol. The van der Waals surface area contributed by atoms with Crippen LogP contribution in [0.5, 0.6) is 0 Å². The van der Waals surface area contributed by atoms with Crippen molar-refractivity contribution in [3.8, 4) is 0 Å². The molecule has 1 N–H and O–H groups in total. The van der Waals surface area contributed by atoms with Crippen molar-refractivity contribution >= 4 is 27.5 Å². The average Bonchev–Trinajstić information content (AvgIpc) is 2.72. The standard InChI is InChI=1S/C24H33N3O4S/c1-7-21(24(29)25-5)26(15-20-11-8-17(2)9-12-20)23(28)16-27(32(6,30)31)22-13-10-18(3)14-19(22)4/h8-14,21H,7,15-16H2,1-6H3,(H,25,29). The third-order valence-electron chi connectivity index (χ3n) is 5.41. The molecule has 2 amide bonds. The minimum atomic E-state index is -3.73. The first kappa shape index (κ1) is 25.4. The molecule has 0 saturated carbocycles. The number of benzene rings is 2. The zero-order chi connectivity index (χ0) is 24.1. The normalized spacial score (nSPS) is 12.2. The second-order valence-electron chi connectivity index (χ2n) is 8.11. The summed E-state index contributed by atoms with van der Waals surface area (Å²) < 4.78 is 26.4. The van der Waals surface area contributed by atoms with Gasteiger partial charge in [-0.05, 0) is 44.4 Å². The Hall–Kier alpha value is -2.87. The predicted molar refractivity (Wildman–Crippen MR) is 128 cm³/mol. The first-order valence-electron chi connectivity index (χ1n) is 10.6. The van der Waals surface area contributed by atoms with Gasteiger partial charge in [0.05, 0.1) is 11.9 Å². The number of anilines is 1. The molecule has 0 aliphatic heterocycles. The summed E-state index contributed by atoms with van der Waals surface area (Å²) in [6.45, 7) is 7.35. The smallest absolute Gasteiger partial charge is 0.244 e. The van der Waals surface area contributed by atoms with E-state index >= 15 is 0 Å². The van der Waals surface area contributed by atoms with Gasteiger partial charge >= 0.3 is 0 Å². The van der Waals surface area contributed by atoms with E-state index in [-0.39, 0.29) is 19.0 Å². The number of hydrogen-bond donors (Lipinski definition) is 1. The average molecular weight is 460 g/mol. The molecule has 1 atom stereocenters. The van der Waals surface area contributed by atoms with Crippen molar-refractivity contribution in [2.45, 2.75) is 46.7 Å². The van der Waals surface area contributed by atoms with Crippen LogP contribution in [-0.2, 0) is 26.2 Å². The highest BCUT2D eigenvalue weighted by molar-refractivity contribution is 7.92. The van der Waals surface area contributed by atoms with Gasteiger partial charge in [0, 0.05) is 13.6 Å². The fourth-order valence-electron chi connectivity index (χ4n) is 3.66. The molecule has 2 rings (SSSR count). The van der Waals surface area contributed by atoms with Gasteiger partial charge in [0.15, 0.2) is 0 Å². The topological polar surface area (TPSA) is 86.8 Å². The fraction of sp³-hybridized carbons (Fsp3) is 0.417. The summed E-state index contributed by atoms with van der Waals surface area (Å²) in [4.78, 5) is 27.5. The summed E-state index contributed by atoms with van der Waals surface area (Å²) in [6.07, 6.45) is 1.49. The molecule has 0 heterocycles. The molecule has 0 bridgehead atoms. The SMILES string of the molecule is CCC(C(=O)NC)N(Cc1ccc(C)cc1)C(=O)CN(c1ccc(C)cc1C)S(C)(=O)=O. The lowest BCUT2D eigenvalue weighted by Gasteiger charge is -2.33. The van der Waals surface area contributed by atoms with Gasteiger partial charge in [-0.1, -0.05) is 54.4 Å². The van der Waals surface area contributed by atoms with E-state index in [1.54, 1.807) is 6.07 Å². The summed E-state index contributed by atoms with van der Waals surface area (Å²) in [5.41, 5.74) is 4.16. The van der Waals surface area contributed by atoms with Crippen LogP contribution in [0.4, 0.5) is 5.69 Å². The lowest BCUT2D eigenvalue weighted by molar-refractivity contribution is -0.140. The number of sulfonamides is 1. The molecule has 1 unspecified atom stereocenters. The van der Waals surface area contributed by atoms with Crippen LogP contribution in [-0.4, -0.2) is 51.0 Å². The van der Waals surface area contributed by atoms with Crippen molar-refractivity contribution in [3.63, 3.8) is 0 Å². The minimum Gasteiger partial charge on any atom is -0.357 e. The highest BCUT2D eigenvalue weighted by atomic mass is 32.2. The maximum absolute atomic E-state index is 13.5. The Morgan fingerprint density at radius 2 is 1.59 bits per heavy atom. The number of carbonyl (C=O) groups excluding carboxylic acids is 2. The molecule has 0 saturated heterocycles. The highest BCUT2D eigenvalue weighted by Crippen LogP contribution is 2.24. The first-order valence-corrected chi connectivity index (χ1v) is 12.4. The lowest BCUT2D eigenvalue weighted by atomic mass is 10.1. The van der Waals surface area contributed by atoms with Crippen LogP contribution in [0.2, 0.25) is 0 Å². The Bertz CT molecular complexity index is 1070. The molecule has 2 aromatic carbocycles. The fourth-order valence-corrected chi connectivity index (χ4v) is 4.56. The number of rotatable bonds is 9. The van der Waals surface area contributed by atoms with E-state index in [4.69, 9.17) is 0 Å². The van der Waals surface area contributed by atoms with Crippen molar-refractivity contribution in [1.29, 1.82) is 0 Å². The summed E-state index contributed by atoms with van der Waals surface area (Å²) in [5.74, 6) is -0.725. The second-order valence-corrected chi connectivity index (χ2v) is 10.0. The third kappa shape index (κ3) is 6.32. The number of likely N-dealkylation sites (N-methyl/N-ethyl adjacent to an activating group) is 1. The Balaban J connectivity index is 2.45. The van der Waals surface area contributed by atoms with Crippen molar-refractivity contribution < 1.29 is 18.0 Å². The van der Waals surface area contributed by atoms with Crippen LogP contribution in [0.25, 0.3) is 0 Å². The van der Waals surface area contributed by atoms with E-state index in [9.17, 15) is 18.0 Å². The van der Waals surface area contributed by atoms with Crippen LogP contribution in [0, 0.1) is 20.8 Å². The molecule has 32 heavy (non-hydrogen) atoms. The highest BCUT2D eigenvalue weighted by Gasteiger charge is 2.31. The quantitative estimate of drug-likeness (QED) is 0.625. The Morgan fingerprint density at radius 1 is 1.00 bits per heavy atom. The van der Waals surface area contributed by atoms with E-state index in [2.05, 4.69) is 5.32 Å². The first-order chi connectivity index (χ1) is 15.0. The van der Waals surface area contributed by atoms with Gasteiger partial charge in [-0.25, -0.2) is 8.42 Å². The molecular formula is C24H33N3O4S. The summed E-state index contributed by atoms with van der Waals surface area (Å²) in [6, 6.07) is 12.4. The van der Waals surface area contributed by atoms with E-state index in [0.717, 1.165) is 32.8 Å². The largest absolute Gasteiger partial charge is 0.357 e. The summed E-state index contributed by atoms with van der Waals surface area (Å²) >= 11 is 0. The van der Waals surface area contributed by atoms with Gasteiger partial charge in [0.1, 0.15) is 12.6 Å². The zero-order valence-corrected chi connectivity index (χ0v) is 20.5. The van der Waals surface area contributed by atoms with E-state index in [1.807, 2.05) is 64.1 Å². The molecule has 2 aromatic rings. The maximum atomic E-state index is 13.5. The van der Waals surface area contributed by atoms with Crippen LogP contribution in [0.1, 0.15) is 35.6 Å². The van der Waals surface area contributed by atoms with Gasteiger partial charge in [0.2, 0.25) is 21.8 Å². The molecule has 0 spiro atoms. The zero-order valence-electron chi connectivity index (χ0n) is 19.7. The van der Waals surface area contributed by atoms with Crippen molar-refractivity contribution in [1.82, 2.24) is 10.2 Å². The Kier molecular flexibility index (Phi) is 8.44. The van der Waals surface area contributed by atoms with Crippen LogP contribution in [0.15, 0.2) is 42.5 Å². The van der Waals surface area contributed by atoms with E-state index in [1.165, 1.54) is 11.9 Å². The third-order valence-corrected chi connectivity index (χ3v) is 6.53. The molecule has 0 fully saturated rings. The van der Waals surface area contributed by atoms with Gasteiger partial charge in [0.25, 0.3) is 0 Å². The Morgan fingerprint density at radius 3 is 2.09 bits per heavy atom. The monoisotopic (exact) mass is 459 g/mol. The number of aryl methyl sites for hydroxylation is 3. The maximum Gasteiger partial charge on any atom is 0.244 e. The molecule has 7 nitrogen and oxygen atoms in total. The van der Waals surface area contributed by atoms with Gasteiger partial charge in [-0.3, -0.25) is 13.9 Å². The molecule has 0 aliphatic rings. The molecule has 0 aliphatic carbocycles. The number of hydrogen-bond acceptors (Lipinski definition) is 4. The van der Waals surface area contributed by atoms with Crippen LogP contribution >= 0.6 is 0 Å². The van der Waals surface area contributed by atoms with Crippen LogP contribution in [0.3, 0.4) is 0 Å². The van der Waals surface area contributed by atoms with E-state index in [0.29, 0.717) is 12.1 Å². The van der Waals surface area contributed by atoms with Crippen molar-refractivity contribution in [2.24, 2.45) is 0 Å². The van der Waals surface area contributed by atoms with Crippen molar-refractivity contribution in [2.75, 3.05) is 24.2 Å².